The third-order valence-corrected chi connectivity index (χ3v) is 3.36. The summed E-state index contributed by atoms with van der Waals surface area (Å²) < 4.78 is 23.2. The normalized spacial score (nSPS) is 10.6. The van der Waals surface area contributed by atoms with Crippen molar-refractivity contribution in [2.75, 3.05) is 6.61 Å². The number of rotatable bonds is 4. The molecule has 0 bridgehead atoms. The highest BCUT2D eigenvalue weighted by atomic mass is 19.1. The average molecular weight is 327 g/mol. The van der Waals surface area contributed by atoms with E-state index in [0.29, 0.717) is 22.2 Å². The van der Waals surface area contributed by atoms with Gasteiger partial charge in [0.05, 0.1) is 12.2 Å². The van der Waals surface area contributed by atoms with Gasteiger partial charge in [0, 0.05) is 17.0 Å². The zero-order valence-corrected chi connectivity index (χ0v) is 12.8. The molecule has 1 N–H and O–H groups in total. The zero-order chi connectivity index (χ0) is 17.1. The number of hydrogen-bond acceptors (Lipinski definition) is 4. The minimum absolute atomic E-state index is 0.126. The summed E-state index contributed by atoms with van der Waals surface area (Å²) in [7, 11) is 0. The number of benzene rings is 2. The lowest BCUT2D eigenvalue weighted by molar-refractivity contribution is 0.0520. The Morgan fingerprint density at radius 3 is 2.67 bits per heavy atom. The van der Waals surface area contributed by atoms with Crippen molar-refractivity contribution in [3.8, 4) is 5.75 Å². The van der Waals surface area contributed by atoms with Gasteiger partial charge in [-0.3, -0.25) is 0 Å². The van der Waals surface area contributed by atoms with Gasteiger partial charge >= 0.3 is 11.9 Å². The van der Waals surface area contributed by atoms with Crippen LogP contribution < -0.4 is 4.74 Å². The standard InChI is InChI=1S/C18H14FNO4/c1-2-23-18(22)16-9-12-8-11(6-7-15(12)20-16)17(21)24-14-5-3-4-13(19)10-14/h3-10,20H,2H2,1H3. The molecule has 1 heterocycles. The first-order valence-corrected chi connectivity index (χ1v) is 7.34. The minimum atomic E-state index is -0.610. The van der Waals surface area contributed by atoms with E-state index in [2.05, 4.69) is 4.98 Å². The van der Waals surface area contributed by atoms with Crippen LogP contribution in [0.1, 0.15) is 27.8 Å². The number of esters is 2. The first-order chi connectivity index (χ1) is 11.6. The fourth-order valence-corrected chi connectivity index (χ4v) is 2.27. The number of halogens is 1. The number of fused-ring (bicyclic) bond motifs is 1. The number of hydrogen-bond donors (Lipinski definition) is 1. The van der Waals surface area contributed by atoms with Crippen molar-refractivity contribution in [1.29, 1.82) is 0 Å². The fraction of sp³-hybridized carbons (Fsp3) is 0.111. The molecule has 0 aliphatic carbocycles. The Kier molecular flexibility index (Phi) is 4.29. The highest BCUT2D eigenvalue weighted by Gasteiger charge is 2.14. The molecule has 0 unspecified atom stereocenters. The van der Waals surface area contributed by atoms with Gasteiger partial charge in [0.2, 0.25) is 0 Å². The van der Waals surface area contributed by atoms with Crippen LogP contribution in [-0.2, 0) is 4.74 Å². The predicted molar refractivity (Wildman–Crippen MR) is 85.6 cm³/mol. The van der Waals surface area contributed by atoms with E-state index in [9.17, 15) is 14.0 Å². The van der Waals surface area contributed by atoms with Gasteiger partial charge in [-0.05, 0) is 43.3 Å². The molecule has 0 aliphatic heterocycles. The Morgan fingerprint density at radius 2 is 1.92 bits per heavy atom. The maximum atomic E-state index is 13.1. The second-order valence-corrected chi connectivity index (χ2v) is 5.05. The van der Waals surface area contributed by atoms with Crippen molar-refractivity contribution in [3.63, 3.8) is 0 Å². The fourth-order valence-electron chi connectivity index (χ4n) is 2.27. The maximum Gasteiger partial charge on any atom is 0.354 e. The molecular weight excluding hydrogens is 313 g/mol. The second-order valence-electron chi connectivity index (χ2n) is 5.05. The van der Waals surface area contributed by atoms with Crippen LogP contribution in [0.5, 0.6) is 5.75 Å². The Bertz CT molecular complexity index is 916. The molecule has 24 heavy (non-hydrogen) atoms. The molecule has 0 radical (unpaired) electrons. The largest absolute Gasteiger partial charge is 0.461 e. The summed E-state index contributed by atoms with van der Waals surface area (Å²) in [5.41, 5.74) is 1.30. The minimum Gasteiger partial charge on any atom is -0.461 e. The number of carbonyl (C=O) groups is 2. The van der Waals surface area contributed by atoms with Crippen molar-refractivity contribution >= 4 is 22.8 Å². The van der Waals surface area contributed by atoms with Crippen LogP contribution in [-0.4, -0.2) is 23.5 Å². The topological polar surface area (TPSA) is 68.4 Å². The van der Waals surface area contributed by atoms with Gasteiger partial charge in [-0.15, -0.1) is 0 Å². The van der Waals surface area contributed by atoms with Gasteiger partial charge in [-0.1, -0.05) is 6.07 Å². The van der Waals surface area contributed by atoms with Gasteiger partial charge in [-0.25, -0.2) is 14.0 Å². The Balaban J connectivity index is 1.84. The van der Waals surface area contributed by atoms with E-state index < -0.39 is 17.8 Å². The molecule has 0 aliphatic rings. The van der Waals surface area contributed by atoms with E-state index in [0.717, 1.165) is 6.07 Å². The number of ether oxygens (including phenoxy) is 2. The molecule has 1 aromatic heterocycles. The summed E-state index contributed by atoms with van der Waals surface area (Å²) in [5, 5.41) is 0.673. The molecule has 122 valence electrons. The Morgan fingerprint density at radius 1 is 1.08 bits per heavy atom. The smallest absolute Gasteiger partial charge is 0.354 e. The molecule has 0 saturated heterocycles. The number of nitrogens with one attached hydrogen (secondary N) is 1. The third-order valence-electron chi connectivity index (χ3n) is 3.36. The Hall–Kier alpha value is -3.15. The lowest BCUT2D eigenvalue weighted by atomic mass is 10.1. The van der Waals surface area contributed by atoms with Crippen molar-refractivity contribution in [1.82, 2.24) is 4.98 Å². The lowest BCUT2D eigenvalue weighted by Gasteiger charge is -2.04. The summed E-state index contributed by atoms with van der Waals surface area (Å²) in [6.07, 6.45) is 0. The van der Waals surface area contributed by atoms with Gasteiger partial charge in [-0.2, -0.15) is 0 Å². The van der Waals surface area contributed by atoms with E-state index >= 15 is 0 Å². The van der Waals surface area contributed by atoms with Gasteiger partial charge < -0.3 is 14.5 Å². The molecule has 0 saturated carbocycles. The van der Waals surface area contributed by atoms with Crippen molar-refractivity contribution in [3.05, 3.63) is 65.6 Å². The summed E-state index contributed by atoms with van der Waals surface area (Å²) >= 11 is 0. The monoisotopic (exact) mass is 327 g/mol. The molecule has 2 aromatic carbocycles. The van der Waals surface area contributed by atoms with Crippen molar-refractivity contribution in [2.45, 2.75) is 6.92 Å². The zero-order valence-electron chi connectivity index (χ0n) is 12.8. The summed E-state index contributed by atoms with van der Waals surface area (Å²) in [6.45, 7) is 2.00. The SMILES string of the molecule is CCOC(=O)c1cc2cc(C(=O)Oc3cccc(F)c3)ccc2[nH]1. The number of H-pyrrole nitrogens is 1. The second kappa shape index (κ2) is 6.54. The summed E-state index contributed by atoms with van der Waals surface area (Å²) in [6, 6.07) is 11.8. The molecule has 0 spiro atoms. The average Bonchev–Trinajstić information content (AvgIpc) is 2.98. The highest BCUT2D eigenvalue weighted by Crippen LogP contribution is 2.20. The summed E-state index contributed by atoms with van der Waals surface area (Å²) in [4.78, 5) is 26.8. The molecule has 0 fully saturated rings. The third kappa shape index (κ3) is 3.27. The van der Waals surface area contributed by atoms with Crippen molar-refractivity contribution in [2.24, 2.45) is 0 Å². The maximum absolute atomic E-state index is 13.1. The number of aromatic nitrogens is 1. The molecule has 3 aromatic rings. The van der Waals surface area contributed by atoms with Crippen LogP contribution in [0.4, 0.5) is 4.39 Å². The van der Waals surface area contributed by atoms with Crippen LogP contribution in [0.25, 0.3) is 10.9 Å². The first kappa shape index (κ1) is 15.7. The lowest BCUT2D eigenvalue weighted by Crippen LogP contribution is -2.08. The molecule has 5 nitrogen and oxygen atoms in total. The first-order valence-electron chi connectivity index (χ1n) is 7.34. The van der Waals surface area contributed by atoms with Crippen LogP contribution in [0, 0.1) is 5.82 Å². The van der Waals surface area contributed by atoms with E-state index in [4.69, 9.17) is 9.47 Å². The van der Waals surface area contributed by atoms with Gasteiger partial charge in [0.15, 0.2) is 0 Å². The van der Waals surface area contributed by atoms with E-state index in [-0.39, 0.29) is 12.4 Å². The van der Waals surface area contributed by atoms with E-state index in [1.54, 1.807) is 31.2 Å². The molecular formula is C18H14FNO4. The highest BCUT2D eigenvalue weighted by molar-refractivity contribution is 5.99. The van der Waals surface area contributed by atoms with Crippen LogP contribution >= 0.6 is 0 Å². The van der Waals surface area contributed by atoms with Crippen LogP contribution in [0.15, 0.2) is 48.5 Å². The van der Waals surface area contributed by atoms with Gasteiger partial charge in [0.25, 0.3) is 0 Å². The molecule has 3 rings (SSSR count). The van der Waals surface area contributed by atoms with Crippen LogP contribution in [0.2, 0.25) is 0 Å². The number of aromatic amines is 1. The number of carbonyl (C=O) groups excluding carboxylic acids is 2. The summed E-state index contributed by atoms with van der Waals surface area (Å²) in [5.74, 6) is -1.43. The van der Waals surface area contributed by atoms with Crippen LogP contribution in [0.3, 0.4) is 0 Å². The van der Waals surface area contributed by atoms with Crippen molar-refractivity contribution < 1.29 is 23.5 Å². The quantitative estimate of drug-likeness (QED) is 0.586. The predicted octanol–water partition coefficient (Wildman–Crippen LogP) is 3.70. The van der Waals surface area contributed by atoms with E-state index in [1.807, 2.05) is 0 Å². The Labute approximate surface area is 137 Å². The molecule has 0 amide bonds. The molecule has 0 atom stereocenters. The van der Waals surface area contributed by atoms with E-state index in [1.165, 1.54) is 18.2 Å². The van der Waals surface area contributed by atoms with Gasteiger partial charge in [0.1, 0.15) is 17.3 Å². The molecule has 6 heteroatoms.